The molecule has 0 atom stereocenters. The van der Waals surface area contributed by atoms with Crippen LogP contribution >= 0.6 is 0 Å². The van der Waals surface area contributed by atoms with Gasteiger partial charge in [-0.2, -0.15) is 4.31 Å². The van der Waals surface area contributed by atoms with Gasteiger partial charge in [0.1, 0.15) is 5.69 Å². The number of sulfonamides is 1. The van der Waals surface area contributed by atoms with Crippen molar-refractivity contribution in [3.8, 4) is 0 Å². The molecule has 1 N–H and O–H groups in total. The summed E-state index contributed by atoms with van der Waals surface area (Å²) in [5.74, 6) is -1.63. The van der Waals surface area contributed by atoms with Gasteiger partial charge in [0, 0.05) is 26.2 Å². The average Bonchev–Trinajstić information content (AvgIpc) is 2.95. The molecule has 1 fully saturated rings. The van der Waals surface area contributed by atoms with Crippen LogP contribution in [-0.4, -0.2) is 70.8 Å². The van der Waals surface area contributed by atoms with Crippen LogP contribution in [0.15, 0.2) is 47.6 Å². The number of hydrogen-bond acceptors (Lipinski definition) is 6. The van der Waals surface area contributed by atoms with Crippen LogP contribution in [0.3, 0.4) is 0 Å². The third-order valence-corrected chi connectivity index (χ3v) is 6.13. The highest BCUT2D eigenvalue weighted by Crippen LogP contribution is 2.18. The van der Waals surface area contributed by atoms with E-state index in [0.29, 0.717) is 19.5 Å². The Bertz CT molecular complexity index is 932. The molecule has 142 valence electrons. The Kier molecular flexibility index (Phi) is 5.47. The zero-order chi connectivity index (χ0) is 19.4. The minimum Gasteiger partial charge on any atom is -0.476 e. The molecule has 27 heavy (non-hydrogen) atoms. The molecule has 10 heteroatoms. The number of aromatic carboxylic acids is 1. The number of benzene rings is 1. The minimum absolute atomic E-state index is 0.0272. The van der Waals surface area contributed by atoms with Gasteiger partial charge in [-0.05, 0) is 18.6 Å². The highest BCUT2D eigenvalue weighted by molar-refractivity contribution is 7.89. The SMILES string of the molecule is O=C(O)c1cnc(C(=O)N2CCCN(S(=O)(=O)c3ccccc3)CC2)cn1. The van der Waals surface area contributed by atoms with Crippen LogP contribution in [0.4, 0.5) is 0 Å². The Labute approximate surface area is 156 Å². The van der Waals surface area contributed by atoms with Crippen LogP contribution < -0.4 is 0 Å². The Morgan fingerprint density at radius 2 is 1.59 bits per heavy atom. The molecule has 2 heterocycles. The lowest BCUT2D eigenvalue weighted by molar-refractivity contribution is 0.0686. The first-order valence-corrected chi connectivity index (χ1v) is 9.73. The summed E-state index contributed by atoms with van der Waals surface area (Å²) in [5.41, 5.74) is -0.220. The highest BCUT2D eigenvalue weighted by atomic mass is 32.2. The van der Waals surface area contributed by atoms with E-state index in [9.17, 15) is 18.0 Å². The van der Waals surface area contributed by atoms with Crippen LogP contribution in [0.25, 0.3) is 0 Å². The van der Waals surface area contributed by atoms with Gasteiger partial charge in [-0.25, -0.2) is 23.2 Å². The fourth-order valence-electron chi connectivity index (χ4n) is 2.79. The third-order valence-electron chi connectivity index (χ3n) is 4.21. The van der Waals surface area contributed by atoms with Gasteiger partial charge in [0.25, 0.3) is 5.91 Å². The van der Waals surface area contributed by atoms with Gasteiger partial charge in [-0.15, -0.1) is 0 Å². The van der Waals surface area contributed by atoms with Crippen LogP contribution in [0.5, 0.6) is 0 Å². The number of hydrogen-bond donors (Lipinski definition) is 1. The van der Waals surface area contributed by atoms with E-state index < -0.39 is 21.9 Å². The molecule has 1 aromatic carbocycles. The van der Waals surface area contributed by atoms with E-state index in [0.717, 1.165) is 12.4 Å². The third kappa shape index (κ3) is 4.12. The van der Waals surface area contributed by atoms with Crippen molar-refractivity contribution in [1.82, 2.24) is 19.2 Å². The molecule has 1 amide bonds. The van der Waals surface area contributed by atoms with Crippen LogP contribution in [0.2, 0.25) is 0 Å². The van der Waals surface area contributed by atoms with Crippen molar-refractivity contribution in [3.63, 3.8) is 0 Å². The first-order valence-electron chi connectivity index (χ1n) is 8.29. The molecule has 0 radical (unpaired) electrons. The smallest absolute Gasteiger partial charge is 0.356 e. The van der Waals surface area contributed by atoms with Crippen molar-refractivity contribution >= 4 is 21.9 Å². The van der Waals surface area contributed by atoms with Gasteiger partial charge < -0.3 is 10.0 Å². The van der Waals surface area contributed by atoms with E-state index >= 15 is 0 Å². The fraction of sp³-hybridized carbons (Fsp3) is 0.294. The fourth-order valence-corrected chi connectivity index (χ4v) is 4.28. The summed E-state index contributed by atoms with van der Waals surface area (Å²) >= 11 is 0. The maximum Gasteiger partial charge on any atom is 0.356 e. The number of carbonyl (C=O) groups excluding carboxylic acids is 1. The van der Waals surface area contributed by atoms with E-state index in [-0.39, 0.29) is 29.4 Å². The maximum atomic E-state index is 12.7. The molecule has 1 saturated heterocycles. The number of nitrogens with zero attached hydrogens (tertiary/aromatic N) is 4. The average molecular weight is 390 g/mol. The van der Waals surface area contributed by atoms with Crippen molar-refractivity contribution in [2.24, 2.45) is 0 Å². The lowest BCUT2D eigenvalue weighted by Crippen LogP contribution is -2.37. The summed E-state index contributed by atoms with van der Waals surface area (Å²) in [6.45, 7) is 1.07. The minimum atomic E-state index is -3.61. The lowest BCUT2D eigenvalue weighted by Gasteiger charge is -2.21. The van der Waals surface area contributed by atoms with E-state index in [4.69, 9.17) is 5.11 Å². The molecule has 2 aromatic rings. The summed E-state index contributed by atoms with van der Waals surface area (Å²) in [6.07, 6.45) is 2.63. The Hall–Kier alpha value is -2.85. The molecule has 0 spiro atoms. The molecule has 1 aromatic heterocycles. The van der Waals surface area contributed by atoms with Crippen molar-refractivity contribution in [1.29, 1.82) is 0 Å². The van der Waals surface area contributed by atoms with Gasteiger partial charge in [0.2, 0.25) is 10.0 Å². The molecule has 0 saturated carbocycles. The molecule has 0 bridgehead atoms. The second kappa shape index (κ2) is 7.80. The Morgan fingerprint density at radius 1 is 0.926 bits per heavy atom. The largest absolute Gasteiger partial charge is 0.476 e. The van der Waals surface area contributed by atoms with E-state index in [1.807, 2.05) is 0 Å². The first kappa shape index (κ1) is 18.9. The molecule has 3 rings (SSSR count). The van der Waals surface area contributed by atoms with Gasteiger partial charge in [0.05, 0.1) is 17.3 Å². The summed E-state index contributed by atoms with van der Waals surface area (Å²) in [6, 6.07) is 8.17. The molecule has 9 nitrogen and oxygen atoms in total. The second-order valence-electron chi connectivity index (χ2n) is 5.95. The molecule has 0 unspecified atom stereocenters. The predicted octanol–water partition coefficient (Wildman–Crippen LogP) is 0.712. The second-order valence-corrected chi connectivity index (χ2v) is 7.89. The van der Waals surface area contributed by atoms with Crippen LogP contribution in [0, 0.1) is 0 Å². The molecular weight excluding hydrogens is 372 g/mol. The summed E-state index contributed by atoms with van der Waals surface area (Å²) in [4.78, 5) is 32.7. The van der Waals surface area contributed by atoms with Crippen LogP contribution in [0.1, 0.15) is 27.4 Å². The number of carboxylic acid groups (broad SMARTS) is 1. The van der Waals surface area contributed by atoms with Gasteiger partial charge in [-0.3, -0.25) is 4.79 Å². The molecule has 0 aliphatic carbocycles. The summed E-state index contributed by atoms with van der Waals surface area (Å²) < 4.78 is 26.8. The van der Waals surface area contributed by atoms with E-state index in [2.05, 4.69) is 9.97 Å². The molecular formula is C17H18N4O5S. The van der Waals surface area contributed by atoms with Crippen molar-refractivity contribution in [3.05, 3.63) is 54.1 Å². The van der Waals surface area contributed by atoms with Crippen LogP contribution in [-0.2, 0) is 10.0 Å². The number of rotatable bonds is 4. The quantitative estimate of drug-likeness (QED) is 0.816. The zero-order valence-electron chi connectivity index (χ0n) is 14.4. The monoisotopic (exact) mass is 390 g/mol. The van der Waals surface area contributed by atoms with E-state index in [1.54, 1.807) is 30.3 Å². The number of carbonyl (C=O) groups is 2. The molecule has 1 aliphatic heterocycles. The number of aromatic nitrogens is 2. The number of carboxylic acids is 1. The van der Waals surface area contributed by atoms with Gasteiger partial charge >= 0.3 is 5.97 Å². The van der Waals surface area contributed by atoms with Gasteiger partial charge in [-0.1, -0.05) is 18.2 Å². The molecule has 1 aliphatic rings. The highest BCUT2D eigenvalue weighted by Gasteiger charge is 2.28. The topological polar surface area (TPSA) is 121 Å². The Balaban J connectivity index is 1.71. The standard InChI is InChI=1S/C17H18N4O5S/c22-16(14-11-19-15(12-18-14)17(23)24)20-7-4-8-21(10-9-20)27(25,26)13-5-2-1-3-6-13/h1-3,5-6,11-12H,4,7-10H2,(H,23,24). The Morgan fingerprint density at radius 3 is 2.22 bits per heavy atom. The number of amides is 1. The maximum absolute atomic E-state index is 12.7. The predicted molar refractivity (Wildman–Crippen MR) is 94.7 cm³/mol. The normalized spacial score (nSPS) is 15.9. The summed E-state index contributed by atoms with van der Waals surface area (Å²) in [7, 11) is -3.61. The first-order chi connectivity index (χ1) is 12.9. The zero-order valence-corrected chi connectivity index (χ0v) is 15.2. The van der Waals surface area contributed by atoms with E-state index in [1.165, 1.54) is 9.21 Å². The van der Waals surface area contributed by atoms with Crippen molar-refractivity contribution < 1.29 is 23.1 Å². The summed E-state index contributed by atoms with van der Waals surface area (Å²) in [5, 5.41) is 8.84. The van der Waals surface area contributed by atoms with Gasteiger partial charge in [0.15, 0.2) is 5.69 Å². The van der Waals surface area contributed by atoms with Crippen molar-refractivity contribution in [2.75, 3.05) is 26.2 Å². The lowest BCUT2D eigenvalue weighted by atomic mass is 10.3. The van der Waals surface area contributed by atoms with Crippen molar-refractivity contribution in [2.45, 2.75) is 11.3 Å².